The van der Waals surface area contributed by atoms with E-state index in [4.69, 9.17) is 4.74 Å². The fraction of sp³-hybridized carbons (Fsp3) is 0.622. The molecule has 1 aliphatic rings. The van der Waals surface area contributed by atoms with Crippen LogP contribution in [0.5, 0.6) is 5.75 Å². The predicted octanol–water partition coefficient (Wildman–Crippen LogP) is 10.5. The molecular formula is C37H53NO2. The van der Waals surface area contributed by atoms with Crippen LogP contribution in [0, 0.1) is 23.2 Å². The summed E-state index contributed by atoms with van der Waals surface area (Å²) in [6.07, 6.45) is 20.0. The molecule has 1 aliphatic carbocycles. The standard InChI is InChI=1S/C37H53NO2/c1-4-6-8-9-10-11-13-15-30-18-25-36(35(27-30)28-38)40-37(39)34-23-21-33(22-24-34)32-19-16-31(17-20-32)26-29(3)14-12-7-5-2/h16-20,25,27,29,33-34H,4-15,21-24,26H2,1-3H3. The summed E-state index contributed by atoms with van der Waals surface area (Å²) in [5.74, 6) is 1.40. The van der Waals surface area contributed by atoms with Crippen molar-refractivity contribution in [3.05, 3.63) is 64.7 Å². The molecule has 2 aromatic carbocycles. The van der Waals surface area contributed by atoms with E-state index in [-0.39, 0.29) is 11.9 Å². The molecule has 2 aromatic rings. The minimum Gasteiger partial charge on any atom is -0.425 e. The van der Waals surface area contributed by atoms with Gasteiger partial charge in [0.25, 0.3) is 0 Å². The number of aryl methyl sites for hydroxylation is 1. The number of ether oxygens (including phenoxy) is 1. The number of hydrogen-bond acceptors (Lipinski definition) is 3. The van der Waals surface area contributed by atoms with Crippen molar-refractivity contribution in [1.29, 1.82) is 5.26 Å². The van der Waals surface area contributed by atoms with E-state index in [0.29, 0.717) is 17.2 Å². The normalized spacial score (nSPS) is 17.8. The number of rotatable bonds is 17. The van der Waals surface area contributed by atoms with Gasteiger partial charge in [0.05, 0.1) is 11.5 Å². The number of benzene rings is 2. The molecule has 3 heteroatoms. The molecule has 0 aliphatic heterocycles. The Bertz CT molecular complexity index is 1040. The van der Waals surface area contributed by atoms with Crippen LogP contribution in [0.2, 0.25) is 0 Å². The van der Waals surface area contributed by atoms with Gasteiger partial charge in [-0.2, -0.15) is 5.26 Å². The number of esters is 1. The van der Waals surface area contributed by atoms with Crippen LogP contribution in [0.25, 0.3) is 0 Å². The number of nitriles is 1. The lowest BCUT2D eigenvalue weighted by molar-refractivity contribution is -0.140. The molecule has 1 unspecified atom stereocenters. The van der Waals surface area contributed by atoms with E-state index in [1.165, 1.54) is 75.3 Å². The molecule has 0 saturated heterocycles. The highest BCUT2D eigenvalue weighted by Gasteiger charge is 2.29. The Kier molecular flexibility index (Phi) is 14.3. The zero-order valence-electron chi connectivity index (χ0n) is 25.6. The first-order valence-corrected chi connectivity index (χ1v) is 16.4. The van der Waals surface area contributed by atoms with Crippen LogP contribution >= 0.6 is 0 Å². The van der Waals surface area contributed by atoms with Gasteiger partial charge in [-0.25, -0.2) is 0 Å². The van der Waals surface area contributed by atoms with Crippen LogP contribution in [0.4, 0.5) is 0 Å². The van der Waals surface area contributed by atoms with E-state index >= 15 is 0 Å². The molecule has 0 heterocycles. The molecular weight excluding hydrogens is 490 g/mol. The maximum atomic E-state index is 13.0. The summed E-state index contributed by atoms with van der Waals surface area (Å²) < 4.78 is 5.78. The number of unbranched alkanes of at least 4 members (excludes halogenated alkanes) is 8. The minimum atomic E-state index is -0.179. The molecule has 0 amide bonds. The van der Waals surface area contributed by atoms with Gasteiger partial charge in [-0.1, -0.05) is 115 Å². The highest BCUT2D eigenvalue weighted by molar-refractivity contribution is 5.76. The zero-order valence-corrected chi connectivity index (χ0v) is 25.6. The number of carbonyl (C=O) groups excluding carboxylic acids is 1. The highest BCUT2D eigenvalue weighted by Crippen LogP contribution is 2.37. The van der Waals surface area contributed by atoms with Gasteiger partial charge in [0.15, 0.2) is 0 Å². The molecule has 3 rings (SSSR count). The Hall–Kier alpha value is -2.60. The average Bonchev–Trinajstić information content (AvgIpc) is 2.98. The molecule has 0 radical (unpaired) electrons. The Morgan fingerprint density at radius 1 is 0.850 bits per heavy atom. The predicted molar refractivity (Wildman–Crippen MR) is 167 cm³/mol. The van der Waals surface area contributed by atoms with Gasteiger partial charge in [0.2, 0.25) is 0 Å². The average molecular weight is 544 g/mol. The summed E-state index contributed by atoms with van der Waals surface area (Å²) in [6, 6.07) is 17.2. The monoisotopic (exact) mass is 543 g/mol. The third kappa shape index (κ3) is 10.8. The van der Waals surface area contributed by atoms with Crippen LogP contribution in [0.15, 0.2) is 42.5 Å². The fourth-order valence-electron chi connectivity index (χ4n) is 6.22. The van der Waals surface area contributed by atoms with Crippen molar-refractivity contribution < 1.29 is 9.53 Å². The summed E-state index contributed by atoms with van der Waals surface area (Å²) in [5, 5.41) is 9.69. The summed E-state index contributed by atoms with van der Waals surface area (Å²) in [5.41, 5.74) is 4.47. The quantitative estimate of drug-likeness (QED) is 0.113. The van der Waals surface area contributed by atoms with Crippen molar-refractivity contribution in [1.82, 2.24) is 0 Å². The molecule has 0 bridgehead atoms. The Labute approximate surface area is 244 Å². The smallest absolute Gasteiger partial charge is 0.314 e. The number of carbonyl (C=O) groups is 1. The highest BCUT2D eigenvalue weighted by atomic mass is 16.5. The van der Waals surface area contributed by atoms with Gasteiger partial charge in [-0.15, -0.1) is 0 Å². The van der Waals surface area contributed by atoms with Crippen LogP contribution < -0.4 is 4.74 Å². The summed E-state index contributed by atoms with van der Waals surface area (Å²) in [4.78, 5) is 13.0. The second kappa shape index (κ2) is 18.0. The third-order valence-electron chi connectivity index (χ3n) is 8.84. The molecule has 40 heavy (non-hydrogen) atoms. The first kappa shape index (κ1) is 31.9. The molecule has 0 aromatic heterocycles. The molecule has 3 nitrogen and oxygen atoms in total. The van der Waals surface area contributed by atoms with Gasteiger partial charge in [0.1, 0.15) is 11.8 Å². The van der Waals surface area contributed by atoms with E-state index in [0.717, 1.165) is 56.4 Å². The topological polar surface area (TPSA) is 50.1 Å². The van der Waals surface area contributed by atoms with Crippen LogP contribution in [-0.2, 0) is 17.6 Å². The second-order valence-electron chi connectivity index (χ2n) is 12.3. The van der Waals surface area contributed by atoms with E-state index in [2.05, 4.69) is 51.1 Å². The van der Waals surface area contributed by atoms with Crippen molar-refractivity contribution in [3.8, 4) is 11.8 Å². The van der Waals surface area contributed by atoms with Crippen LogP contribution in [0.3, 0.4) is 0 Å². The zero-order chi connectivity index (χ0) is 28.6. The van der Waals surface area contributed by atoms with Gasteiger partial charge >= 0.3 is 5.97 Å². The lowest BCUT2D eigenvalue weighted by Crippen LogP contribution is -2.25. The lowest BCUT2D eigenvalue weighted by Gasteiger charge is -2.27. The molecule has 1 atom stereocenters. The molecule has 0 spiro atoms. The third-order valence-corrected chi connectivity index (χ3v) is 8.84. The number of nitrogens with zero attached hydrogens (tertiary/aromatic N) is 1. The van der Waals surface area contributed by atoms with Gasteiger partial charge in [-0.3, -0.25) is 4.79 Å². The fourth-order valence-corrected chi connectivity index (χ4v) is 6.22. The SMILES string of the molecule is CCCCCCCCCc1ccc(OC(=O)C2CCC(c3ccc(CC(C)CCCCC)cc3)CC2)c(C#N)c1. The van der Waals surface area contributed by atoms with E-state index in [1.807, 2.05) is 18.2 Å². The summed E-state index contributed by atoms with van der Waals surface area (Å²) in [7, 11) is 0. The van der Waals surface area contributed by atoms with Gasteiger partial charge in [0, 0.05) is 0 Å². The van der Waals surface area contributed by atoms with E-state index in [1.54, 1.807) is 0 Å². The van der Waals surface area contributed by atoms with Crippen molar-refractivity contribution in [2.24, 2.45) is 11.8 Å². The van der Waals surface area contributed by atoms with Crippen molar-refractivity contribution in [3.63, 3.8) is 0 Å². The van der Waals surface area contributed by atoms with Crippen LogP contribution in [0.1, 0.15) is 145 Å². The Morgan fingerprint density at radius 3 is 2.15 bits per heavy atom. The van der Waals surface area contributed by atoms with Crippen LogP contribution in [-0.4, -0.2) is 5.97 Å². The minimum absolute atomic E-state index is 0.0848. The summed E-state index contributed by atoms with van der Waals surface area (Å²) in [6.45, 7) is 6.88. The lowest BCUT2D eigenvalue weighted by atomic mass is 9.78. The largest absolute Gasteiger partial charge is 0.425 e. The van der Waals surface area contributed by atoms with Crippen molar-refractivity contribution >= 4 is 5.97 Å². The van der Waals surface area contributed by atoms with E-state index < -0.39 is 0 Å². The Balaban J connectivity index is 1.42. The molecule has 1 fully saturated rings. The summed E-state index contributed by atoms with van der Waals surface area (Å²) >= 11 is 0. The number of hydrogen-bond donors (Lipinski definition) is 0. The van der Waals surface area contributed by atoms with Gasteiger partial charge in [-0.05, 0) is 85.6 Å². The van der Waals surface area contributed by atoms with Gasteiger partial charge < -0.3 is 4.74 Å². The maximum absolute atomic E-state index is 13.0. The second-order valence-corrected chi connectivity index (χ2v) is 12.3. The molecule has 218 valence electrons. The first-order chi connectivity index (χ1) is 19.5. The maximum Gasteiger partial charge on any atom is 0.314 e. The molecule has 0 N–H and O–H groups in total. The molecule has 1 saturated carbocycles. The first-order valence-electron chi connectivity index (χ1n) is 16.4. The van der Waals surface area contributed by atoms with Crippen molar-refractivity contribution in [2.75, 3.05) is 0 Å². The van der Waals surface area contributed by atoms with Crippen molar-refractivity contribution in [2.45, 2.75) is 136 Å². The van der Waals surface area contributed by atoms with E-state index in [9.17, 15) is 10.1 Å². The Morgan fingerprint density at radius 2 is 1.48 bits per heavy atom.